The molecule has 0 saturated heterocycles. The summed E-state index contributed by atoms with van der Waals surface area (Å²) in [6.07, 6.45) is -5.02. The fourth-order valence-corrected chi connectivity index (χ4v) is 2.22. The van der Waals surface area contributed by atoms with Gasteiger partial charge >= 0.3 is 0 Å². The Kier molecular flexibility index (Phi) is 7.02. The highest BCUT2D eigenvalue weighted by Crippen LogP contribution is 2.18. The lowest BCUT2D eigenvalue weighted by molar-refractivity contribution is -0.110. The molecule has 4 N–H and O–H groups in total. The zero-order valence-electron chi connectivity index (χ0n) is 13.1. The third-order valence-electron chi connectivity index (χ3n) is 3.53. The van der Waals surface area contributed by atoms with Crippen molar-refractivity contribution >= 4 is 0 Å². The minimum atomic E-state index is -1.45. The normalized spacial score (nSPS) is 16.0. The van der Waals surface area contributed by atoms with Gasteiger partial charge in [0.05, 0.1) is 13.2 Å². The first-order valence-electron chi connectivity index (χ1n) is 7.67. The van der Waals surface area contributed by atoms with Crippen LogP contribution in [0.2, 0.25) is 0 Å². The number of hydrogen-bond acceptors (Lipinski definition) is 6. The lowest BCUT2D eigenvalue weighted by atomic mass is 10.0. The van der Waals surface area contributed by atoms with Crippen molar-refractivity contribution in [3.05, 3.63) is 60.7 Å². The molecule has 0 bridgehead atoms. The fourth-order valence-electron chi connectivity index (χ4n) is 2.22. The Labute approximate surface area is 140 Å². The van der Waals surface area contributed by atoms with Crippen molar-refractivity contribution in [1.82, 2.24) is 0 Å². The van der Waals surface area contributed by atoms with Gasteiger partial charge in [-0.25, -0.2) is 0 Å². The zero-order valence-corrected chi connectivity index (χ0v) is 13.1. The van der Waals surface area contributed by atoms with Crippen molar-refractivity contribution in [3.63, 3.8) is 0 Å². The van der Waals surface area contributed by atoms with E-state index in [1.54, 1.807) is 48.5 Å². The van der Waals surface area contributed by atoms with Gasteiger partial charge in [0.25, 0.3) is 0 Å². The van der Waals surface area contributed by atoms with Crippen LogP contribution in [0.4, 0.5) is 0 Å². The second-order valence-corrected chi connectivity index (χ2v) is 5.29. The summed E-state index contributed by atoms with van der Waals surface area (Å²) < 4.78 is 11.0. The van der Waals surface area contributed by atoms with Crippen LogP contribution in [0.25, 0.3) is 0 Å². The minimum absolute atomic E-state index is 0.451. The molecule has 0 radical (unpaired) electrons. The van der Waals surface area contributed by atoms with E-state index >= 15 is 0 Å². The minimum Gasteiger partial charge on any atom is -0.485 e. The molecule has 6 nitrogen and oxygen atoms in total. The van der Waals surface area contributed by atoms with Crippen molar-refractivity contribution in [1.29, 1.82) is 0 Å². The summed E-state index contributed by atoms with van der Waals surface area (Å²) in [6, 6.07) is 17.3. The third-order valence-corrected chi connectivity index (χ3v) is 3.53. The number of rotatable bonds is 9. The molecule has 6 heteroatoms. The lowest BCUT2D eigenvalue weighted by Gasteiger charge is -2.30. The predicted molar refractivity (Wildman–Crippen MR) is 87.9 cm³/mol. The number of para-hydroxylation sites is 2. The number of aliphatic hydroxyl groups excluding tert-OH is 4. The lowest BCUT2D eigenvalue weighted by Crippen LogP contribution is -2.51. The highest BCUT2D eigenvalue weighted by Gasteiger charge is 2.34. The number of ether oxygens (including phenoxy) is 2. The fraction of sp³-hybridized carbons (Fsp3) is 0.333. The van der Waals surface area contributed by atoms with Crippen molar-refractivity contribution in [2.24, 2.45) is 0 Å². The molecule has 4 atom stereocenters. The summed E-state index contributed by atoms with van der Waals surface area (Å²) in [5.41, 5.74) is 0. The van der Waals surface area contributed by atoms with Crippen LogP contribution < -0.4 is 9.47 Å². The van der Waals surface area contributed by atoms with E-state index in [9.17, 15) is 20.4 Å². The summed E-state index contributed by atoms with van der Waals surface area (Å²) >= 11 is 0. The monoisotopic (exact) mass is 334 g/mol. The number of hydrogen-bond donors (Lipinski definition) is 4. The molecule has 0 aliphatic carbocycles. The standard InChI is InChI=1S/C18H22O6/c19-11-15(23-13-7-3-1-4-8-13)17(21)18(22)16(12-20)24-14-9-5-2-6-10-14/h1-10,15-22H,11-12H2. The maximum Gasteiger partial charge on any atom is 0.150 e. The maximum atomic E-state index is 10.3. The molecule has 0 aromatic heterocycles. The molecule has 0 aliphatic rings. The van der Waals surface area contributed by atoms with Crippen LogP contribution in [0.15, 0.2) is 60.7 Å². The quantitative estimate of drug-likeness (QED) is 0.536. The van der Waals surface area contributed by atoms with Gasteiger partial charge in [0.2, 0.25) is 0 Å². The van der Waals surface area contributed by atoms with E-state index in [2.05, 4.69) is 0 Å². The van der Waals surface area contributed by atoms with Gasteiger partial charge in [0.1, 0.15) is 23.7 Å². The van der Waals surface area contributed by atoms with Crippen molar-refractivity contribution in [2.75, 3.05) is 13.2 Å². The summed E-state index contributed by atoms with van der Waals surface area (Å²) in [4.78, 5) is 0. The number of aliphatic hydroxyl groups is 4. The van der Waals surface area contributed by atoms with Crippen molar-refractivity contribution in [3.8, 4) is 11.5 Å². The highest BCUT2D eigenvalue weighted by atomic mass is 16.5. The average Bonchev–Trinajstić information content (AvgIpc) is 2.64. The van der Waals surface area contributed by atoms with Crippen molar-refractivity contribution in [2.45, 2.75) is 24.4 Å². The summed E-state index contributed by atoms with van der Waals surface area (Å²) in [6.45, 7) is -1.01. The molecule has 130 valence electrons. The first kappa shape index (κ1) is 18.2. The van der Waals surface area contributed by atoms with E-state index in [0.717, 1.165) is 0 Å². The maximum absolute atomic E-state index is 10.3. The second-order valence-electron chi connectivity index (χ2n) is 5.29. The van der Waals surface area contributed by atoms with Gasteiger partial charge < -0.3 is 29.9 Å². The summed E-state index contributed by atoms with van der Waals surface area (Å²) in [5, 5.41) is 39.5. The summed E-state index contributed by atoms with van der Waals surface area (Å²) in [7, 11) is 0. The van der Waals surface area contributed by atoms with Crippen LogP contribution in [-0.4, -0.2) is 58.1 Å². The first-order chi connectivity index (χ1) is 11.7. The predicted octanol–water partition coefficient (Wildman–Crippen LogP) is 0.588. The molecule has 0 aliphatic heterocycles. The van der Waals surface area contributed by atoms with Gasteiger partial charge in [-0.05, 0) is 24.3 Å². The Morgan fingerprint density at radius 1 is 0.625 bits per heavy atom. The summed E-state index contributed by atoms with van der Waals surface area (Å²) in [5.74, 6) is 0.902. The molecule has 2 rings (SSSR count). The third kappa shape index (κ3) is 4.94. The van der Waals surface area contributed by atoms with Crippen LogP contribution in [0.5, 0.6) is 11.5 Å². The van der Waals surface area contributed by atoms with E-state index in [1.807, 2.05) is 12.1 Å². The molecule has 0 heterocycles. The molecular weight excluding hydrogens is 312 g/mol. The van der Waals surface area contributed by atoms with Crippen LogP contribution >= 0.6 is 0 Å². The molecule has 24 heavy (non-hydrogen) atoms. The topological polar surface area (TPSA) is 99.4 Å². The Balaban J connectivity index is 2.02. The van der Waals surface area contributed by atoms with E-state index in [1.165, 1.54) is 0 Å². The van der Waals surface area contributed by atoms with Gasteiger partial charge in [-0.15, -0.1) is 0 Å². The molecule has 2 aromatic carbocycles. The van der Waals surface area contributed by atoms with Crippen LogP contribution in [-0.2, 0) is 0 Å². The van der Waals surface area contributed by atoms with Crippen LogP contribution in [0.1, 0.15) is 0 Å². The zero-order chi connectivity index (χ0) is 17.4. The number of benzene rings is 2. The van der Waals surface area contributed by atoms with Gasteiger partial charge in [-0.1, -0.05) is 36.4 Å². The van der Waals surface area contributed by atoms with E-state index < -0.39 is 37.6 Å². The highest BCUT2D eigenvalue weighted by molar-refractivity contribution is 5.22. The molecule has 0 spiro atoms. The Morgan fingerprint density at radius 2 is 0.958 bits per heavy atom. The van der Waals surface area contributed by atoms with Crippen LogP contribution in [0, 0.1) is 0 Å². The molecule has 0 fully saturated rings. The Hall–Kier alpha value is -2.12. The largest absolute Gasteiger partial charge is 0.485 e. The van der Waals surface area contributed by atoms with Gasteiger partial charge in [0.15, 0.2) is 12.2 Å². The Morgan fingerprint density at radius 3 is 1.25 bits per heavy atom. The smallest absolute Gasteiger partial charge is 0.150 e. The van der Waals surface area contributed by atoms with Gasteiger partial charge in [-0.2, -0.15) is 0 Å². The average molecular weight is 334 g/mol. The van der Waals surface area contributed by atoms with Crippen LogP contribution in [0.3, 0.4) is 0 Å². The SMILES string of the molecule is OCC(Oc1ccccc1)C(O)C(O)C(CO)Oc1ccccc1. The van der Waals surface area contributed by atoms with E-state index in [4.69, 9.17) is 9.47 Å². The molecule has 0 saturated carbocycles. The van der Waals surface area contributed by atoms with E-state index in [0.29, 0.717) is 11.5 Å². The van der Waals surface area contributed by atoms with Crippen molar-refractivity contribution < 1.29 is 29.9 Å². The molecule has 2 aromatic rings. The van der Waals surface area contributed by atoms with E-state index in [-0.39, 0.29) is 0 Å². The molecule has 0 amide bonds. The first-order valence-corrected chi connectivity index (χ1v) is 7.67. The Bertz CT molecular complexity index is 523. The molecular formula is C18H22O6. The second kappa shape index (κ2) is 9.24. The van der Waals surface area contributed by atoms with Gasteiger partial charge in [-0.3, -0.25) is 0 Å². The molecule has 4 unspecified atom stereocenters. The van der Waals surface area contributed by atoms with Gasteiger partial charge in [0, 0.05) is 0 Å².